The summed E-state index contributed by atoms with van der Waals surface area (Å²) in [4.78, 5) is 20.1. The molecule has 0 saturated carbocycles. The van der Waals surface area contributed by atoms with E-state index in [1.807, 2.05) is 6.92 Å². The number of aryl methyl sites for hydroxylation is 1. The fourth-order valence-corrected chi connectivity index (χ4v) is 2.53. The molecule has 2 unspecified atom stereocenters. The van der Waals surface area contributed by atoms with Crippen LogP contribution in [-0.2, 0) is 0 Å². The Kier molecular flexibility index (Phi) is 3.75. The maximum Gasteiger partial charge on any atom is 0.335 e. The van der Waals surface area contributed by atoms with Gasteiger partial charge in [0, 0.05) is 30.9 Å². The zero-order chi connectivity index (χ0) is 14.2. The van der Waals surface area contributed by atoms with Gasteiger partial charge in [-0.3, -0.25) is 4.90 Å². The molecule has 1 aliphatic rings. The molecule has 1 aliphatic heterocycles. The smallest absolute Gasteiger partial charge is 0.335 e. The van der Waals surface area contributed by atoms with Crippen LogP contribution < -0.4 is 4.90 Å². The summed E-state index contributed by atoms with van der Waals surface area (Å²) in [6.07, 6.45) is 0. The predicted octanol–water partition coefficient (Wildman–Crippen LogP) is 1.62. The Morgan fingerprint density at radius 3 is 2.42 bits per heavy atom. The second kappa shape index (κ2) is 5.17. The van der Waals surface area contributed by atoms with Crippen LogP contribution in [0, 0.1) is 6.92 Å². The molecule has 2 atom stereocenters. The summed E-state index contributed by atoms with van der Waals surface area (Å²) in [6, 6.07) is 4.13. The van der Waals surface area contributed by atoms with Crippen LogP contribution in [0.2, 0.25) is 0 Å². The zero-order valence-corrected chi connectivity index (χ0v) is 11.9. The van der Waals surface area contributed by atoms with Crippen LogP contribution in [0.4, 0.5) is 5.82 Å². The van der Waals surface area contributed by atoms with Gasteiger partial charge in [0.2, 0.25) is 0 Å². The number of rotatable bonds is 2. The van der Waals surface area contributed by atoms with E-state index in [0.717, 1.165) is 24.6 Å². The number of carbonyl (C=O) groups is 1. The minimum atomic E-state index is -0.901. The number of carboxylic acids is 1. The molecule has 1 saturated heterocycles. The molecule has 0 spiro atoms. The molecule has 0 aliphatic carbocycles. The fourth-order valence-electron chi connectivity index (χ4n) is 2.53. The van der Waals surface area contributed by atoms with E-state index in [-0.39, 0.29) is 0 Å². The summed E-state index contributed by atoms with van der Waals surface area (Å²) in [6.45, 7) is 7.93. The first-order valence-corrected chi connectivity index (χ1v) is 6.57. The van der Waals surface area contributed by atoms with Gasteiger partial charge in [0.1, 0.15) is 5.82 Å². The van der Waals surface area contributed by atoms with E-state index in [0.29, 0.717) is 17.6 Å². The SMILES string of the molecule is Cc1cc(C(=O)O)cc(N2CC(C)N(C)C(C)C2)n1. The molecule has 2 heterocycles. The molecule has 0 aromatic carbocycles. The lowest BCUT2D eigenvalue weighted by molar-refractivity contribution is 0.0696. The highest BCUT2D eigenvalue weighted by molar-refractivity contribution is 5.88. The summed E-state index contributed by atoms with van der Waals surface area (Å²) in [5, 5.41) is 9.12. The van der Waals surface area contributed by atoms with E-state index >= 15 is 0 Å². The number of pyridine rings is 1. The average molecular weight is 263 g/mol. The Labute approximate surface area is 113 Å². The second-order valence-electron chi connectivity index (χ2n) is 5.43. The Bertz CT molecular complexity index is 478. The van der Waals surface area contributed by atoms with Gasteiger partial charge in [0.05, 0.1) is 5.56 Å². The monoisotopic (exact) mass is 263 g/mol. The van der Waals surface area contributed by atoms with E-state index in [2.05, 4.69) is 35.7 Å². The van der Waals surface area contributed by atoms with Crippen molar-refractivity contribution in [3.63, 3.8) is 0 Å². The lowest BCUT2D eigenvalue weighted by Gasteiger charge is -2.43. The topological polar surface area (TPSA) is 56.7 Å². The standard InChI is InChI=1S/C14H21N3O2/c1-9-5-12(14(18)19)6-13(15-9)17-7-10(2)16(4)11(3)8-17/h5-6,10-11H,7-8H2,1-4H3,(H,18,19). The lowest BCUT2D eigenvalue weighted by atomic mass is 10.1. The van der Waals surface area contributed by atoms with E-state index < -0.39 is 5.97 Å². The highest BCUT2D eigenvalue weighted by Crippen LogP contribution is 2.21. The molecule has 5 nitrogen and oxygen atoms in total. The molecular formula is C14H21N3O2. The van der Waals surface area contributed by atoms with Crippen LogP contribution >= 0.6 is 0 Å². The molecule has 2 rings (SSSR count). The maximum atomic E-state index is 11.1. The summed E-state index contributed by atoms with van der Waals surface area (Å²) in [5.74, 6) is -0.133. The summed E-state index contributed by atoms with van der Waals surface area (Å²) >= 11 is 0. The van der Waals surface area contributed by atoms with E-state index in [1.54, 1.807) is 12.1 Å². The molecule has 1 aromatic rings. The minimum Gasteiger partial charge on any atom is -0.478 e. The van der Waals surface area contributed by atoms with Crippen molar-refractivity contribution in [3.8, 4) is 0 Å². The molecule has 5 heteroatoms. The van der Waals surface area contributed by atoms with E-state index in [9.17, 15) is 4.79 Å². The number of nitrogens with zero attached hydrogens (tertiary/aromatic N) is 3. The Morgan fingerprint density at radius 2 is 1.89 bits per heavy atom. The van der Waals surface area contributed by atoms with Gasteiger partial charge in [-0.1, -0.05) is 0 Å². The molecule has 19 heavy (non-hydrogen) atoms. The first-order valence-electron chi connectivity index (χ1n) is 6.57. The molecule has 0 amide bonds. The van der Waals surface area contributed by atoms with Crippen LogP contribution in [0.5, 0.6) is 0 Å². The van der Waals surface area contributed by atoms with Gasteiger partial charge < -0.3 is 10.0 Å². The third-order valence-electron chi connectivity index (χ3n) is 3.87. The van der Waals surface area contributed by atoms with Crippen LogP contribution in [0.1, 0.15) is 29.9 Å². The van der Waals surface area contributed by atoms with Crippen molar-refractivity contribution in [2.24, 2.45) is 0 Å². The molecule has 104 valence electrons. The van der Waals surface area contributed by atoms with Gasteiger partial charge in [0.15, 0.2) is 0 Å². The third kappa shape index (κ3) is 2.87. The second-order valence-corrected chi connectivity index (χ2v) is 5.43. The van der Waals surface area contributed by atoms with Gasteiger partial charge in [-0.15, -0.1) is 0 Å². The van der Waals surface area contributed by atoms with Crippen LogP contribution in [0.25, 0.3) is 0 Å². The van der Waals surface area contributed by atoms with Crippen molar-refractivity contribution < 1.29 is 9.90 Å². The number of hydrogen-bond acceptors (Lipinski definition) is 4. The zero-order valence-electron chi connectivity index (χ0n) is 11.9. The van der Waals surface area contributed by atoms with Crippen LogP contribution in [-0.4, -0.2) is 53.2 Å². The molecule has 0 bridgehead atoms. The quantitative estimate of drug-likeness (QED) is 0.878. The molecular weight excluding hydrogens is 242 g/mol. The van der Waals surface area contributed by atoms with Crippen molar-refractivity contribution in [2.45, 2.75) is 32.9 Å². The summed E-state index contributed by atoms with van der Waals surface area (Å²) in [5.41, 5.74) is 1.05. The Morgan fingerprint density at radius 1 is 1.32 bits per heavy atom. The molecule has 1 fully saturated rings. The van der Waals surface area contributed by atoms with Crippen LogP contribution in [0.3, 0.4) is 0 Å². The fraction of sp³-hybridized carbons (Fsp3) is 0.571. The van der Waals surface area contributed by atoms with Crippen molar-refractivity contribution in [2.75, 3.05) is 25.0 Å². The molecule has 0 radical (unpaired) electrons. The first-order chi connectivity index (χ1) is 8.88. The number of likely N-dealkylation sites (N-methyl/N-ethyl adjacent to an activating group) is 1. The number of carboxylic acid groups (broad SMARTS) is 1. The van der Waals surface area contributed by atoms with E-state index in [1.165, 1.54) is 0 Å². The highest BCUT2D eigenvalue weighted by Gasteiger charge is 2.27. The first kappa shape index (κ1) is 13.8. The van der Waals surface area contributed by atoms with Crippen molar-refractivity contribution >= 4 is 11.8 Å². The van der Waals surface area contributed by atoms with E-state index in [4.69, 9.17) is 5.11 Å². The van der Waals surface area contributed by atoms with Gasteiger partial charge >= 0.3 is 5.97 Å². The lowest BCUT2D eigenvalue weighted by Crippen LogP contribution is -2.55. The minimum absolute atomic E-state index is 0.307. The van der Waals surface area contributed by atoms with Crippen molar-refractivity contribution in [1.82, 2.24) is 9.88 Å². The average Bonchev–Trinajstić information content (AvgIpc) is 2.34. The number of aromatic carboxylic acids is 1. The Hall–Kier alpha value is -1.62. The van der Waals surface area contributed by atoms with Crippen molar-refractivity contribution in [3.05, 3.63) is 23.4 Å². The van der Waals surface area contributed by atoms with Crippen LogP contribution in [0.15, 0.2) is 12.1 Å². The van der Waals surface area contributed by atoms with Gasteiger partial charge in [0.25, 0.3) is 0 Å². The third-order valence-corrected chi connectivity index (χ3v) is 3.87. The van der Waals surface area contributed by atoms with Gasteiger partial charge in [-0.2, -0.15) is 0 Å². The predicted molar refractivity (Wildman–Crippen MR) is 74.8 cm³/mol. The summed E-state index contributed by atoms with van der Waals surface area (Å²) in [7, 11) is 2.12. The normalized spacial score (nSPS) is 24.5. The van der Waals surface area contributed by atoms with Gasteiger partial charge in [-0.05, 0) is 40.0 Å². The number of aromatic nitrogens is 1. The van der Waals surface area contributed by atoms with Gasteiger partial charge in [-0.25, -0.2) is 9.78 Å². The molecule has 1 aromatic heterocycles. The number of anilines is 1. The van der Waals surface area contributed by atoms with Crippen molar-refractivity contribution in [1.29, 1.82) is 0 Å². The summed E-state index contributed by atoms with van der Waals surface area (Å²) < 4.78 is 0. The number of piperazine rings is 1. The molecule has 1 N–H and O–H groups in total. The Balaban J connectivity index is 2.29. The number of hydrogen-bond donors (Lipinski definition) is 1. The highest BCUT2D eigenvalue weighted by atomic mass is 16.4. The maximum absolute atomic E-state index is 11.1. The largest absolute Gasteiger partial charge is 0.478 e.